The normalized spacial score (nSPS) is 15.0. The molecule has 0 spiro atoms. The average Bonchev–Trinajstić information content (AvgIpc) is 3.55. The summed E-state index contributed by atoms with van der Waals surface area (Å²) in [5.74, 6) is 3.91. The van der Waals surface area contributed by atoms with E-state index in [9.17, 15) is 4.79 Å². The number of rotatable bonds is 12. The Morgan fingerprint density at radius 1 is 1.11 bits per heavy atom. The maximum absolute atomic E-state index is 11.0. The van der Waals surface area contributed by atoms with Crippen LogP contribution in [0.1, 0.15) is 30.5 Å². The van der Waals surface area contributed by atoms with Crippen LogP contribution in [-0.2, 0) is 16.0 Å². The summed E-state index contributed by atoms with van der Waals surface area (Å²) in [6.45, 7) is 3.10. The van der Waals surface area contributed by atoms with Crippen molar-refractivity contribution in [3.63, 3.8) is 0 Å². The van der Waals surface area contributed by atoms with Gasteiger partial charge in [0.2, 0.25) is 0 Å². The van der Waals surface area contributed by atoms with E-state index in [0.29, 0.717) is 43.1 Å². The molecule has 7 nitrogen and oxygen atoms in total. The van der Waals surface area contributed by atoms with Crippen LogP contribution in [0, 0.1) is 0 Å². The first-order valence-electron chi connectivity index (χ1n) is 12.0. The fourth-order valence-electron chi connectivity index (χ4n) is 4.72. The molecule has 1 aliphatic heterocycles. The number of ketones is 1. The van der Waals surface area contributed by atoms with E-state index in [-0.39, 0.29) is 5.78 Å². The number of thioether (sulfide) groups is 1. The van der Waals surface area contributed by atoms with Crippen molar-refractivity contribution in [1.29, 1.82) is 0 Å². The minimum absolute atomic E-state index is 0.189. The van der Waals surface area contributed by atoms with Gasteiger partial charge in [-0.1, -0.05) is 24.3 Å². The summed E-state index contributed by atoms with van der Waals surface area (Å²) in [6, 6.07) is 15.2. The van der Waals surface area contributed by atoms with Crippen molar-refractivity contribution < 1.29 is 19.0 Å². The first kappa shape index (κ1) is 23.6. The second-order valence-corrected chi connectivity index (χ2v) is 9.90. The van der Waals surface area contributed by atoms with E-state index < -0.39 is 0 Å². The molecule has 0 amide bonds. The number of aromatic nitrogens is 2. The number of hydrogen-bond donors (Lipinski definition) is 3. The number of anilines is 1. The first-order valence-corrected chi connectivity index (χ1v) is 13.1. The van der Waals surface area contributed by atoms with Gasteiger partial charge in [0.25, 0.3) is 0 Å². The Bertz CT molecular complexity index is 1280. The van der Waals surface area contributed by atoms with Crippen molar-refractivity contribution in [3.05, 3.63) is 53.6 Å². The van der Waals surface area contributed by atoms with Gasteiger partial charge in [0.15, 0.2) is 11.5 Å². The number of benzene rings is 2. The van der Waals surface area contributed by atoms with Gasteiger partial charge in [-0.3, -0.25) is 15.0 Å². The highest BCUT2D eigenvalue weighted by atomic mass is 32.2. The van der Waals surface area contributed by atoms with Gasteiger partial charge in [0, 0.05) is 16.7 Å². The number of carbonyl (C=O) groups is 1. The van der Waals surface area contributed by atoms with E-state index in [0.717, 1.165) is 46.4 Å². The highest BCUT2D eigenvalue weighted by molar-refractivity contribution is 7.99. The maximum Gasteiger partial charge on any atom is 0.161 e. The molecule has 0 fully saturated rings. The lowest BCUT2D eigenvalue weighted by atomic mass is 10.1. The SMILES string of the molecule is COc1cc2cc3c(NC4CCc5ccccc54)[nH][nH]c-3c2cc1OCCOCCSCC(C)=O. The molecule has 1 atom stereocenters. The summed E-state index contributed by atoms with van der Waals surface area (Å²) in [5.41, 5.74) is 4.97. The van der Waals surface area contributed by atoms with Crippen LogP contribution in [0.3, 0.4) is 0 Å². The summed E-state index contributed by atoms with van der Waals surface area (Å²) in [7, 11) is 1.66. The van der Waals surface area contributed by atoms with Crippen LogP contribution in [0.2, 0.25) is 0 Å². The van der Waals surface area contributed by atoms with Crippen LogP contribution in [-0.4, -0.2) is 54.4 Å². The molecule has 0 bridgehead atoms. The van der Waals surface area contributed by atoms with E-state index in [1.165, 1.54) is 11.1 Å². The number of hydrogen-bond acceptors (Lipinski definition) is 6. The molecule has 2 aliphatic carbocycles. The standard InChI is InChI=1S/C27H31N3O4S/c1-17(31)16-35-12-11-33-9-10-34-25-15-21-19(14-24(25)32-2)13-22-26(21)29-30-27(22)28-23-8-7-18-5-3-4-6-20(18)23/h3-6,13-15,23,28-30H,7-12,16H2,1-2H3. The van der Waals surface area contributed by atoms with Crippen molar-refractivity contribution in [2.75, 3.05) is 43.8 Å². The van der Waals surface area contributed by atoms with Gasteiger partial charge in [-0.2, -0.15) is 11.8 Å². The number of H-pyrrole nitrogens is 2. The zero-order valence-corrected chi connectivity index (χ0v) is 20.9. The van der Waals surface area contributed by atoms with Gasteiger partial charge in [0.05, 0.1) is 37.8 Å². The third-order valence-electron chi connectivity index (χ3n) is 6.37. The Kier molecular flexibility index (Phi) is 7.20. The number of nitrogens with one attached hydrogen (secondary N) is 3. The van der Waals surface area contributed by atoms with Crippen LogP contribution in [0.25, 0.3) is 22.0 Å². The molecule has 5 rings (SSSR count). The lowest BCUT2D eigenvalue weighted by molar-refractivity contribution is -0.114. The van der Waals surface area contributed by atoms with E-state index in [1.807, 2.05) is 12.1 Å². The summed E-state index contributed by atoms with van der Waals surface area (Å²) >= 11 is 1.59. The van der Waals surface area contributed by atoms with E-state index in [1.54, 1.807) is 25.8 Å². The average molecular weight is 494 g/mol. The highest BCUT2D eigenvalue weighted by Gasteiger charge is 2.25. The van der Waals surface area contributed by atoms with Crippen LogP contribution >= 0.6 is 11.8 Å². The van der Waals surface area contributed by atoms with Crippen LogP contribution in [0.5, 0.6) is 11.5 Å². The molecule has 0 aromatic heterocycles. The molecule has 3 aliphatic rings. The van der Waals surface area contributed by atoms with E-state index >= 15 is 0 Å². The largest absolute Gasteiger partial charge is 0.493 e. The smallest absolute Gasteiger partial charge is 0.161 e. The van der Waals surface area contributed by atoms with E-state index in [2.05, 4.69) is 45.8 Å². The second-order valence-electron chi connectivity index (χ2n) is 8.80. The van der Waals surface area contributed by atoms with Gasteiger partial charge >= 0.3 is 0 Å². The summed E-state index contributed by atoms with van der Waals surface area (Å²) in [5, 5.41) is 12.5. The van der Waals surface area contributed by atoms with Crippen molar-refractivity contribution >= 4 is 34.1 Å². The lowest BCUT2D eigenvalue weighted by Gasteiger charge is -2.14. The molecule has 1 unspecified atom stereocenters. The molecule has 0 saturated heterocycles. The Morgan fingerprint density at radius 2 is 2.00 bits per heavy atom. The van der Waals surface area contributed by atoms with Gasteiger partial charge in [-0.05, 0) is 54.5 Å². The molecule has 2 aromatic rings. The summed E-state index contributed by atoms with van der Waals surface area (Å²) in [6.07, 6.45) is 2.19. The van der Waals surface area contributed by atoms with Crippen molar-refractivity contribution in [1.82, 2.24) is 10.2 Å². The Morgan fingerprint density at radius 3 is 2.86 bits per heavy atom. The third-order valence-corrected chi connectivity index (χ3v) is 7.44. The molecule has 0 saturated carbocycles. The number of aromatic amines is 2. The molecule has 0 radical (unpaired) electrons. The highest BCUT2D eigenvalue weighted by Crippen LogP contribution is 2.44. The zero-order chi connectivity index (χ0) is 24.2. The quantitative estimate of drug-likeness (QED) is 0.228. The fourth-order valence-corrected chi connectivity index (χ4v) is 5.39. The van der Waals surface area contributed by atoms with E-state index in [4.69, 9.17) is 14.2 Å². The fraction of sp³-hybridized carbons (Fsp3) is 0.370. The molecular weight excluding hydrogens is 462 g/mol. The zero-order valence-electron chi connectivity index (χ0n) is 20.1. The molecule has 1 heterocycles. The minimum Gasteiger partial charge on any atom is -0.493 e. The number of ether oxygens (including phenoxy) is 3. The van der Waals surface area contributed by atoms with Gasteiger partial charge in [-0.25, -0.2) is 0 Å². The second kappa shape index (κ2) is 10.7. The monoisotopic (exact) mass is 493 g/mol. The molecule has 35 heavy (non-hydrogen) atoms. The molecular formula is C27H31N3O4S. The summed E-state index contributed by atoms with van der Waals surface area (Å²) < 4.78 is 17.2. The predicted octanol–water partition coefficient (Wildman–Crippen LogP) is 5.43. The molecule has 3 N–H and O–H groups in total. The Hall–Kier alpha value is -3.10. The lowest BCUT2D eigenvalue weighted by Crippen LogP contribution is -2.09. The third kappa shape index (κ3) is 5.13. The van der Waals surface area contributed by atoms with Gasteiger partial charge in [0.1, 0.15) is 18.2 Å². The predicted molar refractivity (Wildman–Crippen MR) is 141 cm³/mol. The number of methoxy groups -OCH3 is 1. The summed E-state index contributed by atoms with van der Waals surface area (Å²) in [4.78, 5) is 11.0. The maximum atomic E-state index is 11.0. The van der Waals surface area contributed by atoms with Crippen LogP contribution in [0.15, 0.2) is 42.5 Å². The van der Waals surface area contributed by atoms with Crippen molar-refractivity contribution in [3.8, 4) is 22.8 Å². The number of aryl methyl sites for hydroxylation is 1. The first-order chi connectivity index (χ1) is 17.1. The Labute approximate surface area is 209 Å². The van der Waals surface area contributed by atoms with Crippen molar-refractivity contribution in [2.24, 2.45) is 0 Å². The van der Waals surface area contributed by atoms with Crippen LogP contribution in [0.4, 0.5) is 5.82 Å². The Balaban J connectivity index is 1.24. The van der Waals surface area contributed by atoms with Gasteiger partial charge in [-0.15, -0.1) is 0 Å². The van der Waals surface area contributed by atoms with Crippen LogP contribution < -0.4 is 14.8 Å². The molecule has 2 aromatic carbocycles. The minimum atomic E-state index is 0.189. The van der Waals surface area contributed by atoms with Gasteiger partial charge < -0.3 is 19.5 Å². The molecule has 8 heteroatoms. The number of fused-ring (bicyclic) bond motifs is 4. The molecule has 184 valence electrons. The number of carbonyl (C=O) groups excluding carboxylic acids is 1. The number of Topliss-reactive ketones (excluding diaryl/α,β-unsaturated/α-hetero) is 1. The van der Waals surface area contributed by atoms with Crippen molar-refractivity contribution in [2.45, 2.75) is 25.8 Å². The topological polar surface area (TPSA) is 88.4 Å².